The first-order chi connectivity index (χ1) is 41.6. The average molecular weight is 1250 g/mol. The second-order valence-corrected chi connectivity index (χ2v) is 40.3. The van der Waals surface area contributed by atoms with Gasteiger partial charge in [-0.25, -0.2) is 0 Å². The van der Waals surface area contributed by atoms with Gasteiger partial charge in [-0.05, 0) is 105 Å². The summed E-state index contributed by atoms with van der Waals surface area (Å²) in [7, 11) is -10.2. The van der Waals surface area contributed by atoms with E-state index in [4.69, 9.17) is 31.7 Å². The second kappa shape index (κ2) is 26.0. The van der Waals surface area contributed by atoms with Crippen molar-refractivity contribution in [2.75, 3.05) is 13.2 Å². The molecule has 10 rings (SSSR count). The van der Waals surface area contributed by atoms with E-state index in [0.29, 0.717) is 6.42 Å². The second-order valence-electron chi connectivity index (χ2n) is 28.9. The predicted molar refractivity (Wildman–Crippen MR) is 374 cm³/mol. The quantitative estimate of drug-likeness (QED) is 0.0705. The van der Waals surface area contributed by atoms with E-state index < -0.39 is 57.8 Å². The van der Waals surface area contributed by atoms with Gasteiger partial charge in [0, 0.05) is 28.2 Å². The molecule has 8 aromatic carbocycles. The standard InChI is InChI=1S/C77H94O7P2Si2/c1-52-39-41-68(56(5)43-52)85(69-42-40-53(2)44-57(69)6)81-72-66(50-78-87(76(13,14)15,60-31-23-19-24-32-60)61-33-25-20-26-34-61)80-67(51-79-88(77(16,17)18,62-35-27-21-28-36-62)63-37-29-22-30-38-63)73(72)84-86-82-70-58(45-54(3)47-64(70)74(7,8)9)49-59-46-55(4)48-65(71(59)83-86)75(10,11)12/h19-48,66-67,72-73H,49-51H2,1-18H3/t66-,67-,72-,73-/m1/s1. The fourth-order valence-corrected chi connectivity index (χ4v) is 26.1. The van der Waals surface area contributed by atoms with Gasteiger partial charge in [0.1, 0.15) is 35.9 Å². The zero-order valence-electron chi connectivity index (χ0n) is 55.5. The first kappa shape index (κ1) is 65.4. The fourth-order valence-electron chi connectivity index (χ4n) is 13.5. The summed E-state index contributed by atoms with van der Waals surface area (Å²) in [5.41, 5.74) is 10.9. The molecule has 462 valence electrons. The van der Waals surface area contributed by atoms with E-state index in [1.165, 1.54) is 43.0 Å². The third-order valence-electron chi connectivity index (χ3n) is 17.7. The Morgan fingerprint density at radius 3 is 1.11 bits per heavy atom. The molecule has 0 saturated carbocycles. The molecule has 88 heavy (non-hydrogen) atoms. The van der Waals surface area contributed by atoms with Crippen molar-refractivity contribution in [2.45, 2.75) is 176 Å². The summed E-state index contributed by atoms with van der Waals surface area (Å²) in [4.78, 5) is 0. The molecule has 2 aliphatic rings. The van der Waals surface area contributed by atoms with Gasteiger partial charge in [0.05, 0.1) is 21.4 Å². The van der Waals surface area contributed by atoms with Crippen LogP contribution in [0.4, 0.5) is 0 Å². The molecular weight excluding hydrogens is 1150 g/mol. The summed E-state index contributed by atoms with van der Waals surface area (Å²) in [5.74, 6) is 1.59. The van der Waals surface area contributed by atoms with Gasteiger partial charge in [0.2, 0.25) is 0 Å². The molecular formula is C77H94O7P2Si2. The van der Waals surface area contributed by atoms with Gasteiger partial charge in [0.15, 0.2) is 0 Å². The Balaban J connectivity index is 1.22. The van der Waals surface area contributed by atoms with Gasteiger partial charge in [-0.15, -0.1) is 0 Å². The maximum Gasteiger partial charge on any atom is 0.463 e. The highest BCUT2D eigenvalue weighted by atomic mass is 31.2. The lowest BCUT2D eigenvalue weighted by Gasteiger charge is -2.44. The normalized spacial score (nSPS) is 17.9. The highest BCUT2D eigenvalue weighted by Gasteiger charge is 2.57. The summed E-state index contributed by atoms with van der Waals surface area (Å²) >= 11 is 0. The van der Waals surface area contributed by atoms with Crippen molar-refractivity contribution >= 4 is 64.7 Å². The molecule has 0 bridgehead atoms. The molecule has 8 aromatic rings. The van der Waals surface area contributed by atoms with E-state index in [2.05, 4.69) is 307 Å². The maximum atomic E-state index is 8.24. The van der Waals surface area contributed by atoms with Crippen LogP contribution in [0.25, 0.3) is 0 Å². The van der Waals surface area contributed by atoms with Crippen molar-refractivity contribution in [3.63, 3.8) is 0 Å². The van der Waals surface area contributed by atoms with Crippen LogP contribution in [-0.4, -0.2) is 54.3 Å². The molecule has 7 nitrogen and oxygen atoms in total. The fraction of sp³-hybridized carbons (Fsp3) is 0.377. The zero-order valence-corrected chi connectivity index (χ0v) is 59.3. The Hall–Kier alpha value is -5.55. The van der Waals surface area contributed by atoms with Crippen molar-refractivity contribution in [1.82, 2.24) is 0 Å². The van der Waals surface area contributed by atoms with Gasteiger partial charge in [-0.2, -0.15) is 0 Å². The van der Waals surface area contributed by atoms with Gasteiger partial charge in [0.25, 0.3) is 16.6 Å². The van der Waals surface area contributed by atoms with Crippen LogP contribution in [0.3, 0.4) is 0 Å². The smallest absolute Gasteiger partial charge is 0.417 e. The molecule has 0 aliphatic carbocycles. The van der Waals surface area contributed by atoms with E-state index >= 15 is 0 Å². The molecule has 1 saturated heterocycles. The van der Waals surface area contributed by atoms with Crippen LogP contribution in [0.15, 0.2) is 182 Å². The molecule has 0 radical (unpaired) electrons. The van der Waals surface area contributed by atoms with Gasteiger partial charge in [-0.3, -0.25) is 4.52 Å². The molecule has 0 amide bonds. The number of fused-ring (bicyclic) bond motifs is 2. The monoisotopic (exact) mass is 1250 g/mol. The van der Waals surface area contributed by atoms with E-state index in [1.54, 1.807) is 0 Å². The number of benzene rings is 8. The Morgan fingerprint density at radius 2 is 0.784 bits per heavy atom. The van der Waals surface area contributed by atoms with Crippen LogP contribution in [0, 0.1) is 41.5 Å². The minimum atomic E-state index is -3.20. The molecule has 0 spiro atoms. The lowest BCUT2D eigenvalue weighted by molar-refractivity contribution is -0.0305. The molecule has 0 aromatic heterocycles. The molecule has 1 fully saturated rings. The number of hydrogen-bond donors (Lipinski definition) is 0. The SMILES string of the molecule is Cc1ccc(P(O[C@H]2[C@H](OP3Oc4c(cc(C)cc4C(C)(C)C)Cc4cc(C)cc(C(C)(C)C)c4O3)[C@@H](CO[Si](c3ccccc3)(c3ccccc3)C(C)(C)C)O[C@@H]2CO[Si](c2ccccc2)(c2ccccc2)C(C)(C)C)c2ccc(C)cc2C)c(C)c1. The zero-order chi connectivity index (χ0) is 63.1. The van der Waals surface area contributed by atoms with Crippen LogP contribution in [0.1, 0.15) is 139 Å². The maximum absolute atomic E-state index is 8.24. The molecule has 2 heterocycles. The van der Waals surface area contributed by atoms with E-state index in [9.17, 15) is 0 Å². The summed E-state index contributed by atoms with van der Waals surface area (Å²) in [5, 5.41) is 6.32. The molecule has 0 unspecified atom stereocenters. The van der Waals surface area contributed by atoms with E-state index in [-0.39, 0.29) is 34.1 Å². The predicted octanol–water partition coefficient (Wildman–Crippen LogP) is 16.5. The van der Waals surface area contributed by atoms with Crippen LogP contribution < -0.4 is 40.4 Å². The highest BCUT2D eigenvalue weighted by Crippen LogP contribution is 2.55. The third kappa shape index (κ3) is 13.4. The van der Waals surface area contributed by atoms with Crippen molar-refractivity contribution in [1.29, 1.82) is 0 Å². The van der Waals surface area contributed by atoms with E-state index in [0.717, 1.165) is 55.5 Å². The van der Waals surface area contributed by atoms with Gasteiger partial charge in [-0.1, -0.05) is 287 Å². The Kier molecular flexibility index (Phi) is 19.3. The van der Waals surface area contributed by atoms with Gasteiger partial charge >= 0.3 is 8.60 Å². The van der Waals surface area contributed by atoms with Crippen LogP contribution in [0.2, 0.25) is 10.1 Å². The molecule has 4 atom stereocenters. The minimum Gasteiger partial charge on any atom is -0.417 e. The number of aryl methyl sites for hydroxylation is 6. The first-order valence-electron chi connectivity index (χ1n) is 31.5. The van der Waals surface area contributed by atoms with E-state index in [1.807, 2.05) is 0 Å². The summed E-state index contributed by atoms with van der Waals surface area (Å²) in [6, 6.07) is 66.1. The average Bonchev–Trinajstić information content (AvgIpc) is 1.14. The Morgan fingerprint density at radius 1 is 0.432 bits per heavy atom. The third-order valence-corrected chi connectivity index (χ3v) is 31.1. The topological polar surface area (TPSA) is 64.6 Å². The molecule has 0 N–H and O–H groups in total. The number of rotatable bonds is 16. The van der Waals surface area contributed by atoms with Crippen molar-refractivity contribution < 1.29 is 31.7 Å². The number of hydrogen-bond acceptors (Lipinski definition) is 7. The Bertz CT molecular complexity index is 3500. The largest absolute Gasteiger partial charge is 0.463 e. The van der Waals surface area contributed by atoms with Crippen LogP contribution in [-0.2, 0) is 39.9 Å². The van der Waals surface area contributed by atoms with Gasteiger partial charge < -0.3 is 27.2 Å². The summed E-state index contributed by atoms with van der Waals surface area (Å²) in [6.45, 7) is 41.0. The Labute approximate surface area is 532 Å². The molecule has 11 heteroatoms. The first-order valence-corrected chi connectivity index (χ1v) is 37.6. The highest BCUT2D eigenvalue weighted by molar-refractivity contribution is 7.68. The van der Waals surface area contributed by atoms with Crippen molar-refractivity contribution in [3.8, 4) is 11.5 Å². The minimum absolute atomic E-state index is 0.174. The lowest BCUT2D eigenvalue weighted by Crippen LogP contribution is -2.67. The molecule has 2 aliphatic heterocycles. The summed E-state index contributed by atoms with van der Waals surface area (Å²) in [6.07, 6.45) is -2.33. The van der Waals surface area contributed by atoms with Crippen molar-refractivity contribution in [3.05, 3.63) is 238 Å². The van der Waals surface area contributed by atoms with Crippen LogP contribution >= 0.6 is 16.8 Å². The number of ether oxygens (including phenoxy) is 1. The lowest BCUT2D eigenvalue weighted by atomic mass is 9.81. The van der Waals surface area contributed by atoms with Crippen LogP contribution in [0.5, 0.6) is 11.5 Å². The summed E-state index contributed by atoms with van der Waals surface area (Å²) < 4.78 is 55.4. The van der Waals surface area contributed by atoms with Crippen molar-refractivity contribution in [2.24, 2.45) is 0 Å².